The Morgan fingerprint density at radius 2 is 2.25 bits per heavy atom. The number of hydrogen-bond donors (Lipinski definition) is 0. The molecule has 0 heterocycles. The zero-order valence-electron chi connectivity index (χ0n) is 6.51. The predicted molar refractivity (Wildman–Crippen MR) is 53.1 cm³/mol. The van der Waals surface area contributed by atoms with E-state index in [-0.39, 0.29) is 11.7 Å². The molecule has 0 saturated heterocycles. The van der Waals surface area contributed by atoms with Gasteiger partial charge in [0.1, 0.15) is 5.82 Å². The van der Waals surface area contributed by atoms with Gasteiger partial charge in [-0.15, -0.1) is 0 Å². The average molecular weight is 275 g/mol. The summed E-state index contributed by atoms with van der Waals surface area (Å²) in [5.74, 6) is -0.494. The van der Waals surface area contributed by atoms with E-state index in [2.05, 4.69) is 6.07 Å². The third kappa shape index (κ3) is 1.95. The van der Waals surface area contributed by atoms with Gasteiger partial charge in [-0.2, -0.15) is 5.26 Å². The summed E-state index contributed by atoms with van der Waals surface area (Å²) in [6.07, 6.45) is 0. The van der Waals surface area contributed by atoms with Gasteiger partial charge in [0.25, 0.3) is 0 Å². The second-order valence-electron chi connectivity index (χ2n) is 2.52. The second-order valence-corrected chi connectivity index (χ2v) is 3.69. The third-order valence-corrected chi connectivity index (χ3v) is 2.51. The van der Waals surface area contributed by atoms with Crippen LogP contribution in [-0.4, -0.2) is 0 Å². The van der Waals surface area contributed by atoms with Gasteiger partial charge in [0, 0.05) is 3.57 Å². The molecule has 1 unspecified atom stereocenters. The standard InChI is InChI=1S/C9H7FIN/c1-6(5-12)7-2-3-9(11)8(10)4-7/h2-4,6H,1H3. The molecule has 0 aliphatic carbocycles. The van der Waals surface area contributed by atoms with Crippen LogP contribution in [0.4, 0.5) is 4.39 Å². The van der Waals surface area contributed by atoms with Crippen molar-refractivity contribution in [2.75, 3.05) is 0 Å². The molecule has 0 aliphatic rings. The quantitative estimate of drug-likeness (QED) is 0.722. The Morgan fingerprint density at radius 3 is 2.75 bits per heavy atom. The largest absolute Gasteiger partial charge is 0.206 e. The molecule has 0 radical (unpaired) electrons. The Labute approximate surface area is 84.3 Å². The van der Waals surface area contributed by atoms with E-state index < -0.39 is 0 Å². The molecule has 0 bridgehead atoms. The number of halogens is 2. The first kappa shape index (κ1) is 9.46. The SMILES string of the molecule is CC(C#N)c1ccc(I)c(F)c1. The van der Waals surface area contributed by atoms with Gasteiger partial charge in [0.15, 0.2) is 0 Å². The molecule has 1 aromatic rings. The lowest BCUT2D eigenvalue weighted by Crippen LogP contribution is -1.91. The lowest BCUT2D eigenvalue weighted by atomic mass is 10.0. The summed E-state index contributed by atoms with van der Waals surface area (Å²) in [6.45, 7) is 1.75. The highest BCUT2D eigenvalue weighted by Crippen LogP contribution is 2.18. The summed E-state index contributed by atoms with van der Waals surface area (Å²) in [6, 6.07) is 6.93. The van der Waals surface area contributed by atoms with Crippen molar-refractivity contribution in [3.63, 3.8) is 0 Å². The number of nitrogens with zero attached hydrogens (tertiary/aromatic N) is 1. The molecule has 0 amide bonds. The Balaban J connectivity index is 3.06. The van der Waals surface area contributed by atoms with Crippen LogP contribution in [0.25, 0.3) is 0 Å². The molecular weight excluding hydrogens is 268 g/mol. The molecule has 0 fully saturated rings. The van der Waals surface area contributed by atoms with Crippen molar-refractivity contribution >= 4 is 22.6 Å². The maximum Gasteiger partial charge on any atom is 0.136 e. The summed E-state index contributed by atoms with van der Waals surface area (Å²) in [7, 11) is 0. The summed E-state index contributed by atoms with van der Waals surface area (Å²) in [4.78, 5) is 0. The van der Waals surface area contributed by atoms with Crippen molar-refractivity contribution in [3.8, 4) is 6.07 Å². The zero-order valence-corrected chi connectivity index (χ0v) is 8.67. The monoisotopic (exact) mass is 275 g/mol. The molecular formula is C9H7FIN. The summed E-state index contributed by atoms with van der Waals surface area (Å²) >= 11 is 1.92. The highest BCUT2D eigenvalue weighted by atomic mass is 127. The van der Waals surface area contributed by atoms with Crippen LogP contribution in [0.15, 0.2) is 18.2 Å². The van der Waals surface area contributed by atoms with E-state index in [1.165, 1.54) is 6.07 Å². The van der Waals surface area contributed by atoms with Crippen LogP contribution in [-0.2, 0) is 0 Å². The van der Waals surface area contributed by atoms with E-state index in [1.54, 1.807) is 19.1 Å². The van der Waals surface area contributed by atoms with Crippen LogP contribution in [0, 0.1) is 20.7 Å². The van der Waals surface area contributed by atoms with Gasteiger partial charge in [-0.1, -0.05) is 6.07 Å². The zero-order chi connectivity index (χ0) is 9.14. The Bertz CT molecular complexity index is 330. The molecule has 1 nitrogen and oxygen atoms in total. The molecule has 0 spiro atoms. The first-order chi connectivity index (χ1) is 5.65. The highest BCUT2D eigenvalue weighted by Gasteiger charge is 2.06. The number of hydrogen-bond acceptors (Lipinski definition) is 1. The molecule has 3 heteroatoms. The summed E-state index contributed by atoms with van der Waals surface area (Å²) in [5, 5.41) is 8.57. The van der Waals surface area contributed by atoms with Gasteiger partial charge in [0.05, 0.1) is 12.0 Å². The molecule has 12 heavy (non-hydrogen) atoms. The van der Waals surface area contributed by atoms with E-state index in [0.717, 1.165) is 5.56 Å². The van der Waals surface area contributed by atoms with Crippen LogP contribution in [0.5, 0.6) is 0 Å². The second kappa shape index (κ2) is 3.85. The van der Waals surface area contributed by atoms with E-state index in [4.69, 9.17) is 5.26 Å². The molecule has 62 valence electrons. The van der Waals surface area contributed by atoms with Crippen LogP contribution in [0.2, 0.25) is 0 Å². The minimum Gasteiger partial charge on any atom is -0.206 e. The maximum atomic E-state index is 13.0. The van der Waals surface area contributed by atoms with Crippen LogP contribution in [0.1, 0.15) is 18.4 Å². The Morgan fingerprint density at radius 1 is 1.58 bits per heavy atom. The van der Waals surface area contributed by atoms with Crippen LogP contribution < -0.4 is 0 Å². The molecule has 0 aliphatic heterocycles. The molecule has 0 aromatic heterocycles. The van der Waals surface area contributed by atoms with Crippen molar-refractivity contribution in [2.24, 2.45) is 0 Å². The molecule has 1 aromatic carbocycles. The molecule has 1 rings (SSSR count). The Hall–Kier alpha value is -0.630. The van der Waals surface area contributed by atoms with Crippen molar-refractivity contribution in [1.82, 2.24) is 0 Å². The fraction of sp³-hybridized carbons (Fsp3) is 0.222. The fourth-order valence-corrected chi connectivity index (χ4v) is 1.19. The van der Waals surface area contributed by atoms with Crippen LogP contribution >= 0.6 is 22.6 Å². The number of nitriles is 1. The third-order valence-electron chi connectivity index (χ3n) is 1.64. The van der Waals surface area contributed by atoms with Gasteiger partial charge in [-0.3, -0.25) is 0 Å². The first-order valence-corrected chi connectivity index (χ1v) is 4.57. The average Bonchev–Trinajstić information content (AvgIpc) is 2.08. The first-order valence-electron chi connectivity index (χ1n) is 3.49. The maximum absolute atomic E-state index is 13.0. The Kier molecular flexibility index (Phi) is 3.04. The lowest BCUT2D eigenvalue weighted by molar-refractivity contribution is 0.617. The van der Waals surface area contributed by atoms with Crippen molar-refractivity contribution in [3.05, 3.63) is 33.1 Å². The van der Waals surface area contributed by atoms with Crippen LogP contribution in [0.3, 0.4) is 0 Å². The van der Waals surface area contributed by atoms with Gasteiger partial charge in [-0.05, 0) is 47.2 Å². The van der Waals surface area contributed by atoms with Gasteiger partial charge >= 0.3 is 0 Å². The van der Waals surface area contributed by atoms with E-state index in [9.17, 15) is 4.39 Å². The van der Waals surface area contributed by atoms with Crippen molar-refractivity contribution < 1.29 is 4.39 Å². The number of rotatable bonds is 1. The minimum absolute atomic E-state index is 0.239. The number of benzene rings is 1. The van der Waals surface area contributed by atoms with Gasteiger partial charge < -0.3 is 0 Å². The molecule has 0 saturated carbocycles. The normalized spacial score (nSPS) is 12.2. The summed E-state index contributed by atoms with van der Waals surface area (Å²) in [5.41, 5.74) is 0.732. The van der Waals surface area contributed by atoms with Crippen molar-refractivity contribution in [1.29, 1.82) is 5.26 Å². The minimum atomic E-state index is -0.254. The predicted octanol–water partition coefficient (Wildman–Crippen LogP) is 3.06. The van der Waals surface area contributed by atoms with E-state index in [1.807, 2.05) is 22.6 Å². The van der Waals surface area contributed by atoms with Gasteiger partial charge in [-0.25, -0.2) is 4.39 Å². The highest BCUT2D eigenvalue weighted by molar-refractivity contribution is 14.1. The van der Waals surface area contributed by atoms with Crippen molar-refractivity contribution in [2.45, 2.75) is 12.8 Å². The lowest BCUT2D eigenvalue weighted by Gasteiger charge is -2.02. The summed E-state index contributed by atoms with van der Waals surface area (Å²) < 4.78 is 13.5. The van der Waals surface area contributed by atoms with E-state index >= 15 is 0 Å². The smallest absolute Gasteiger partial charge is 0.136 e. The molecule has 0 N–H and O–H groups in total. The van der Waals surface area contributed by atoms with Gasteiger partial charge in [0.2, 0.25) is 0 Å². The molecule has 1 atom stereocenters. The topological polar surface area (TPSA) is 23.8 Å². The van der Waals surface area contributed by atoms with E-state index in [0.29, 0.717) is 3.57 Å². The fourth-order valence-electron chi connectivity index (χ4n) is 0.856.